The van der Waals surface area contributed by atoms with Gasteiger partial charge in [-0.15, -0.1) is 0 Å². The molecular formula is C28H33N3O9P+. The molecule has 2 unspecified atom stereocenters. The molecule has 1 aliphatic rings. The number of aliphatic hydroxyl groups is 2. The number of benzene rings is 2. The Morgan fingerprint density at radius 3 is 2.46 bits per heavy atom. The standard InChI is InChI=1S/C28H32N3O9P/c1-18-10-12-22(13-11-18)40-41(36,30-19(2)28(35)37-16-20-7-4-3-5-8-20)38-17-23-24(32)25(33)27(39-23)31-14-6-9-21(15-31)26(29)34/h3-15,19,23-25,27,32-33H,16-17H2,1-2H3,(H2-,29,30,34,36)/p+1/t19-,23+,24?,25-,27+,41?/m0/s1. The smallest absolute Gasteiger partial charge is 0.459 e. The van der Waals surface area contributed by atoms with Gasteiger partial charge in [0.25, 0.3) is 12.1 Å². The molecule has 1 amide bonds. The monoisotopic (exact) mass is 586 g/mol. The van der Waals surface area contributed by atoms with E-state index in [2.05, 4.69) is 5.09 Å². The molecule has 0 aliphatic carbocycles. The van der Waals surface area contributed by atoms with Crippen molar-refractivity contribution in [3.8, 4) is 5.75 Å². The Bertz CT molecular complexity index is 1390. The Labute approximate surface area is 237 Å². The van der Waals surface area contributed by atoms with E-state index in [-0.39, 0.29) is 17.9 Å². The van der Waals surface area contributed by atoms with Gasteiger partial charge in [-0.2, -0.15) is 9.65 Å². The first kappa shape index (κ1) is 30.3. The summed E-state index contributed by atoms with van der Waals surface area (Å²) >= 11 is 0. The highest BCUT2D eigenvalue weighted by Crippen LogP contribution is 2.46. The lowest BCUT2D eigenvalue weighted by molar-refractivity contribution is -0.765. The van der Waals surface area contributed by atoms with E-state index in [1.807, 2.05) is 25.1 Å². The van der Waals surface area contributed by atoms with Crippen LogP contribution in [0.2, 0.25) is 0 Å². The highest BCUT2D eigenvalue weighted by Gasteiger charge is 2.49. The zero-order valence-corrected chi connectivity index (χ0v) is 23.4. The fourth-order valence-electron chi connectivity index (χ4n) is 4.05. The van der Waals surface area contributed by atoms with Gasteiger partial charge in [0.15, 0.2) is 18.5 Å². The molecule has 6 atom stereocenters. The zero-order valence-electron chi connectivity index (χ0n) is 22.5. The first-order chi connectivity index (χ1) is 19.5. The van der Waals surface area contributed by atoms with Crippen molar-refractivity contribution < 1.29 is 47.5 Å². The maximum absolute atomic E-state index is 13.9. The number of hydrogen-bond donors (Lipinski definition) is 4. The molecule has 13 heteroatoms. The van der Waals surface area contributed by atoms with Gasteiger partial charge in [-0.3, -0.25) is 14.1 Å². The lowest BCUT2D eigenvalue weighted by Gasteiger charge is -2.24. The highest BCUT2D eigenvalue weighted by atomic mass is 31.2. The summed E-state index contributed by atoms with van der Waals surface area (Å²) in [5.74, 6) is -1.16. The average molecular weight is 587 g/mol. The van der Waals surface area contributed by atoms with Gasteiger partial charge in [0.1, 0.15) is 36.2 Å². The minimum Gasteiger partial charge on any atom is -0.460 e. The van der Waals surface area contributed by atoms with E-state index in [1.165, 1.54) is 36.0 Å². The molecule has 0 radical (unpaired) electrons. The van der Waals surface area contributed by atoms with Gasteiger partial charge in [0.05, 0.1) is 6.61 Å². The van der Waals surface area contributed by atoms with Gasteiger partial charge in [0, 0.05) is 6.07 Å². The van der Waals surface area contributed by atoms with Crippen LogP contribution in [0, 0.1) is 6.92 Å². The number of carbonyl (C=O) groups is 2. The number of aromatic nitrogens is 1. The van der Waals surface area contributed by atoms with Crippen LogP contribution in [0.5, 0.6) is 5.75 Å². The lowest BCUT2D eigenvalue weighted by atomic mass is 10.1. The third-order valence-corrected chi connectivity index (χ3v) is 7.97. The van der Waals surface area contributed by atoms with E-state index in [0.717, 1.165) is 11.1 Å². The normalized spacial score (nSPS) is 22.4. The maximum atomic E-state index is 13.9. The third-order valence-electron chi connectivity index (χ3n) is 6.32. The van der Waals surface area contributed by atoms with Gasteiger partial charge in [0.2, 0.25) is 0 Å². The minimum absolute atomic E-state index is 0.0195. The summed E-state index contributed by atoms with van der Waals surface area (Å²) in [6, 6.07) is 17.7. The number of nitrogens with two attached hydrogens (primary N) is 1. The molecule has 4 rings (SSSR count). The van der Waals surface area contributed by atoms with Crippen molar-refractivity contribution in [3.63, 3.8) is 0 Å². The van der Waals surface area contributed by atoms with Crippen LogP contribution < -0.4 is 19.9 Å². The van der Waals surface area contributed by atoms with Crippen LogP contribution in [0.4, 0.5) is 0 Å². The first-order valence-corrected chi connectivity index (χ1v) is 14.4. The van der Waals surface area contributed by atoms with Crippen molar-refractivity contribution in [2.75, 3.05) is 6.61 Å². The molecule has 1 aromatic heterocycles. The molecule has 1 aliphatic heterocycles. The molecule has 12 nitrogen and oxygen atoms in total. The second-order valence-corrected chi connectivity index (χ2v) is 11.3. The van der Waals surface area contributed by atoms with Crippen LogP contribution in [0.25, 0.3) is 0 Å². The lowest BCUT2D eigenvalue weighted by Crippen LogP contribution is -2.46. The van der Waals surface area contributed by atoms with Gasteiger partial charge in [-0.1, -0.05) is 48.0 Å². The molecule has 0 saturated carbocycles. The molecule has 0 spiro atoms. The first-order valence-electron chi connectivity index (χ1n) is 12.9. The Hall–Kier alpha value is -3.64. The molecule has 5 N–H and O–H groups in total. The van der Waals surface area contributed by atoms with Gasteiger partial charge in [-0.05, 0) is 37.6 Å². The Morgan fingerprint density at radius 1 is 1.07 bits per heavy atom. The van der Waals surface area contributed by atoms with Crippen molar-refractivity contribution in [2.24, 2.45) is 5.73 Å². The summed E-state index contributed by atoms with van der Waals surface area (Å²) in [4.78, 5) is 24.2. The molecule has 41 heavy (non-hydrogen) atoms. The van der Waals surface area contributed by atoms with Crippen molar-refractivity contribution in [1.29, 1.82) is 0 Å². The molecule has 218 valence electrons. The number of esters is 1. The second-order valence-electron chi connectivity index (χ2n) is 9.59. The minimum atomic E-state index is -4.26. The van der Waals surface area contributed by atoms with E-state index >= 15 is 0 Å². The zero-order chi connectivity index (χ0) is 29.6. The van der Waals surface area contributed by atoms with E-state index in [1.54, 1.807) is 36.4 Å². The molecule has 2 aromatic carbocycles. The predicted molar refractivity (Wildman–Crippen MR) is 145 cm³/mol. The number of nitrogens with zero attached hydrogens (tertiary/aromatic N) is 1. The fraction of sp³-hybridized carbons (Fsp3) is 0.321. The van der Waals surface area contributed by atoms with Crippen LogP contribution in [-0.2, 0) is 30.0 Å². The third kappa shape index (κ3) is 7.98. The Balaban J connectivity index is 1.45. The number of pyridine rings is 1. The summed E-state index contributed by atoms with van der Waals surface area (Å²) in [6.07, 6.45) is -2.17. The summed E-state index contributed by atoms with van der Waals surface area (Å²) in [5, 5.41) is 23.9. The van der Waals surface area contributed by atoms with Crippen LogP contribution in [0.3, 0.4) is 0 Å². The van der Waals surface area contributed by atoms with Crippen LogP contribution >= 0.6 is 7.75 Å². The number of aryl methyl sites for hydroxylation is 1. The molecule has 0 bridgehead atoms. The Kier molecular flexibility index (Phi) is 9.87. The number of ether oxygens (including phenoxy) is 2. The largest absolute Gasteiger partial charge is 0.460 e. The predicted octanol–water partition coefficient (Wildman–Crippen LogP) is 1.93. The van der Waals surface area contributed by atoms with E-state index in [0.29, 0.717) is 0 Å². The highest BCUT2D eigenvalue weighted by molar-refractivity contribution is 7.52. The topological polar surface area (TPSA) is 171 Å². The van der Waals surface area contributed by atoms with E-state index in [9.17, 15) is 24.4 Å². The maximum Gasteiger partial charge on any atom is 0.459 e. The number of primary amides is 1. The summed E-state index contributed by atoms with van der Waals surface area (Å²) in [6.45, 7) is 2.87. The number of aliphatic hydroxyl groups excluding tert-OH is 2. The molecule has 1 saturated heterocycles. The number of hydrogen-bond acceptors (Lipinski definition) is 9. The number of carbonyl (C=O) groups excluding carboxylic acids is 2. The Morgan fingerprint density at radius 2 is 1.78 bits per heavy atom. The quantitative estimate of drug-likeness (QED) is 0.140. The van der Waals surface area contributed by atoms with Crippen molar-refractivity contribution in [1.82, 2.24) is 5.09 Å². The van der Waals surface area contributed by atoms with Crippen LogP contribution in [0.15, 0.2) is 79.1 Å². The van der Waals surface area contributed by atoms with Crippen molar-refractivity contribution in [2.45, 2.75) is 51.0 Å². The fourth-order valence-corrected chi connectivity index (χ4v) is 5.56. The second kappa shape index (κ2) is 13.3. The van der Waals surface area contributed by atoms with Gasteiger partial charge in [-0.25, -0.2) is 4.57 Å². The van der Waals surface area contributed by atoms with E-state index in [4.69, 9.17) is 24.3 Å². The summed E-state index contributed by atoms with van der Waals surface area (Å²) in [7, 11) is -4.26. The molecule has 3 aromatic rings. The number of amides is 1. The molecule has 1 fully saturated rings. The summed E-state index contributed by atoms with van der Waals surface area (Å²) < 4.78 is 37.7. The summed E-state index contributed by atoms with van der Waals surface area (Å²) in [5.41, 5.74) is 7.23. The van der Waals surface area contributed by atoms with Crippen molar-refractivity contribution in [3.05, 3.63) is 95.8 Å². The number of rotatable bonds is 12. The molecule has 2 heterocycles. The number of nitrogens with one attached hydrogen (secondary N) is 1. The van der Waals surface area contributed by atoms with Crippen LogP contribution in [-0.4, -0.2) is 53.1 Å². The van der Waals surface area contributed by atoms with E-state index < -0.39 is 56.8 Å². The average Bonchev–Trinajstić information content (AvgIpc) is 3.25. The van der Waals surface area contributed by atoms with Crippen LogP contribution in [0.1, 0.15) is 34.6 Å². The van der Waals surface area contributed by atoms with Crippen molar-refractivity contribution >= 4 is 19.6 Å². The SMILES string of the molecule is Cc1ccc(OP(=O)(N[C@@H](C)C(=O)OCc2ccccc2)OC[C@H]2O[C@@H]([n+]3cccc(C(N)=O)c3)[C@@H](O)C2O)cc1. The van der Waals surface area contributed by atoms with Gasteiger partial charge >= 0.3 is 13.7 Å². The van der Waals surface area contributed by atoms with Gasteiger partial charge < -0.3 is 29.9 Å². The molecular weight excluding hydrogens is 553 g/mol.